The van der Waals surface area contributed by atoms with E-state index in [2.05, 4.69) is 17.4 Å². The molecule has 1 aliphatic heterocycles. The Labute approximate surface area is 182 Å². The summed E-state index contributed by atoms with van der Waals surface area (Å²) >= 11 is 0. The standard InChI is InChI=1S/C23H27N3O4S/c1-14(2)21-22(27)25-20(18-11-15-7-3-4-8-16(15)12-18)23(28)26(21)13-17-9-5-6-10-19(17)31(24,29)30/h3-10,14,18,20-21H,11-13H2,1-2H3,(H,25,27)(H2,24,29,30)/t20-,21-/m1/s1. The van der Waals surface area contributed by atoms with Crippen LogP contribution in [0.3, 0.4) is 0 Å². The third-order valence-corrected chi connectivity index (χ3v) is 7.27. The van der Waals surface area contributed by atoms with E-state index >= 15 is 0 Å². The Balaban J connectivity index is 1.66. The molecular formula is C23H27N3O4S. The van der Waals surface area contributed by atoms with Gasteiger partial charge in [-0.25, -0.2) is 13.6 Å². The second-order valence-electron chi connectivity index (χ2n) is 8.73. The highest BCUT2D eigenvalue weighted by Crippen LogP contribution is 2.32. The SMILES string of the molecule is CC(C)[C@@H]1C(=O)N[C@H](C2Cc3ccccc3C2)C(=O)N1Cc1ccccc1S(N)(=O)=O. The monoisotopic (exact) mass is 441 g/mol. The van der Waals surface area contributed by atoms with Gasteiger partial charge in [0, 0.05) is 6.54 Å². The fraction of sp³-hybridized carbons (Fsp3) is 0.391. The smallest absolute Gasteiger partial charge is 0.246 e. The van der Waals surface area contributed by atoms with E-state index in [0.717, 1.165) is 12.8 Å². The molecule has 3 N–H and O–H groups in total. The highest BCUT2D eigenvalue weighted by atomic mass is 32.2. The highest BCUT2D eigenvalue weighted by molar-refractivity contribution is 7.89. The van der Waals surface area contributed by atoms with Crippen LogP contribution in [0.15, 0.2) is 53.4 Å². The molecule has 7 nitrogen and oxygen atoms in total. The molecule has 31 heavy (non-hydrogen) atoms. The van der Waals surface area contributed by atoms with Gasteiger partial charge in [0.25, 0.3) is 0 Å². The Morgan fingerprint density at radius 1 is 1.03 bits per heavy atom. The number of piperazine rings is 1. The number of hydrogen-bond donors (Lipinski definition) is 2. The molecule has 1 saturated heterocycles. The first-order valence-corrected chi connectivity index (χ1v) is 12.0. The lowest BCUT2D eigenvalue weighted by Gasteiger charge is -2.42. The number of primary sulfonamides is 1. The maximum absolute atomic E-state index is 13.6. The maximum atomic E-state index is 13.6. The zero-order chi connectivity index (χ0) is 22.3. The number of nitrogens with two attached hydrogens (primary N) is 1. The van der Waals surface area contributed by atoms with Crippen molar-refractivity contribution in [1.82, 2.24) is 10.2 Å². The number of carbonyl (C=O) groups is 2. The molecule has 1 fully saturated rings. The molecule has 0 unspecified atom stereocenters. The molecule has 2 atom stereocenters. The van der Waals surface area contributed by atoms with Gasteiger partial charge in [-0.15, -0.1) is 0 Å². The van der Waals surface area contributed by atoms with Crippen LogP contribution in [0.4, 0.5) is 0 Å². The van der Waals surface area contributed by atoms with Crippen LogP contribution in [0.2, 0.25) is 0 Å². The Kier molecular flexibility index (Phi) is 5.61. The van der Waals surface area contributed by atoms with Crippen molar-refractivity contribution in [3.05, 3.63) is 65.2 Å². The molecule has 1 aliphatic carbocycles. The minimum atomic E-state index is -3.96. The number of amides is 2. The van der Waals surface area contributed by atoms with Crippen molar-refractivity contribution >= 4 is 21.8 Å². The van der Waals surface area contributed by atoms with Gasteiger partial charge >= 0.3 is 0 Å². The lowest BCUT2D eigenvalue weighted by molar-refractivity contribution is -0.153. The van der Waals surface area contributed by atoms with Gasteiger partial charge < -0.3 is 10.2 Å². The summed E-state index contributed by atoms with van der Waals surface area (Å²) in [6.07, 6.45) is 1.45. The highest BCUT2D eigenvalue weighted by Gasteiger charge is 2.46. The van der Waals surface area contributed by atoms with Gasteiger partial charge in [-0.2, -0.15) is 0 Å². The molecule has 0 radical (unpaired) electrons. The second kappa shape index (κ2) is 8.09. The summed E-state index contributed by atoms with van der Waals surface area (Å²) in [5.41, 5.74) is 2.81. The first-order valence-electron chi connectivity index (χ1n) is 10.4. The Morgan fingerprint density at radius 2 is 1.61 bits per heavy atom. The van der Waals surface area contributed by atoms with E-state index in [-0.39, 0.29) is 35.1 Å². The average molecular weight is 442 g/mol. The molecule has 2 aliphatic rings. The number of carbonyl (C=O) groups excluding carboxylic acids is 2. The number of nitrogens with zero attached hydrogens (tertiary/aromatic N) is 1. The molecular weight excluding hydrogens is 414 g/mol. The van der Waals surface area contributed by atoms with Gasteiger partial charge in [0.05, 0.1) is 4.90 Å². The van der Waals surface area contributed by atoms with Crippen LogP contribution in [0.1, 0.15) is 30.5 Å². The summed E-state index contributed by atoms with van der Waals surface area (Å²) in [5, 5.41) is 8.35. The molecule has 0 bridgehead atoms. The first kappa shape index (κ1) is 21.5. The minimum absolute atomic E-state index is 0.0118. The molecule has 4 rings (SSSR count). The predicted molar refractivity (Wildman–Crippen MR) is 116 cm³/mol. The van der Waals surface area contributed by atoms with Gasteiger partial charge in [-0.3, -0.25) is 9.59 Å². The molecule has 2 aromatic carbocycles. The normalized spacial score (nSPS) is 22.0. The van der Waals surface area contributed by atoms with Crippen molar-refractivity contribution in [3.63, 3.8) is 0 Å². The lowest BCUT2D eigenvalue weighted by atomic mass is 9.89. The number of benzene rings is 2. The maximum Gasteiger partial charge on any atom is 0.246 e. The third-order valence-electron chi connectivity index (χ3n) is 6.26. The minimum Gasteiger partial charge on any atom is -0.342 e. The lowest BCUT2D eigenvalue weighted by Crippen LogP contribution is -2.66. The second-order valence-corrected chi connectivity index (χ2v) is 10.3. The summed E-state index contributed by atoms with van der Waals surface area (Å²) in [4.78, 5) is 28.2. The Morgan fingerprint density at radius 3 is 2.19 bits per heavy atom. The van der Waals surface area contributed by atoms with E-state index in [1.54, 1.807) is 18.2 Å². The number of hydrogen-bond acceptors (Lipinski definition) is 4. The van der Waals surface area contributed by atoms with E-state index in [1.807, 2.05) is 26.0 Å². The van der Waals surface area contributed by atoms with Gasteiger partial charge in [0.1, 0.15) is 12.1 Å². The van der Waals surface area contributed by atoms with Crippen molar-refractivity contribution < 1.29 is 18.0 Å². The average Bonchev–Trinajstić information content (AvgIpc) is 3.13. The summed E-state index contributed by atoms with van der Waals surface area (Å²) in [6, 6.07) is 13.1. The van der Waals surface area contributed by atoms with Crippen molar-refractivity contribution in [2.24, 2.45) is 17.0 Å². The fourth-order valence-electron chi connectivity index (χ4n) is 4.84. The fourth-order valence-corrected chi connectivity index (χ4v) is 5.61. The van der Waals surface area contributed by atoms with E-state index in [4.69, 9.17) is 5.14 Å². The van der Waals surface area contributed by atoms with Crippen molar-refractivity contribution in [2.75, 3.05) is 0 Å². The molecule has 2 amide bonds. The zero-order valence-electron chi connectivity index (χ0n) is 17.6. The van der Waals surface area contributed by atoms with Crippen molar-refractivity contribution in [2.45, 2.75) is 50.2 Å². The molecule has 0 spiro atoms. The van der Waals surface area contributed by atoms with Crippen LogP contribution in [-0.4, -0.2) is 37.2 Å². The molecule has 0 aromatic heterocycles. The van der Waals surface area contributed by atoms with Crippen LogP contribution in [0.5, 0.6) is 0 Å². The number of rotatable bonds is 5. The van der Waals surface area contributed by atoms with Crippen molar-refractivity contribution in [3.8, 4) is 0 Å². The van der Waals surface area contributed by atoms with Gasteiger partial charge in [-0.1, -0.05) is 56.3 Å². The number of sulfonamides is 1. The summed E-state index contributed by atoms with van der Waals surface area (Å²) in [6.45, 7) is 3.77. The molecule has 1 heterocycles. The van der Waals surface area contributed by atoms with E-state index < -0.39 is 22.1 Å². The van der Waals surface area contributed by atoms with Gasteiger partial charge in [0.2, 0.25) is 21.8 Å². The topological polar surface area (TPSA) is 110 Å². The van der Waals surface area contributed by atoms with Gasteiger partial charge in [0.15, 0.2) is 0 Å². The summed E-state index contributed by atoms with van der Waals surface area (Å²) in [7, 11) is -3.96. The quantitative estimate of drug-likeness (QED) is 0.734. The molecule has 164 valence electrons. The van der Waals surface area contributed by atoms with Gasteiger partial charge in [-0.05, 0) is 47.4 Å². The largest absolute Gasteiger partial charge is 0.342 e. The van der Waals surface area contributed by atoms with Crippen LogP contribution in [0, 0.1) is 11.8 Å². The molecule has 8 heteroatoms. The zero-order valence-corrected chi connectivity index (χ0v) is 18.4. The van der Waals surface area contributed by atoms with Crippen LogP contribution >= 0.6 is 0 Å². The Bertz CT molecular complexity index is 1100. The molecule has 2 aromatic rings. The van der Waals surface area contributed by atoms with E-state index in [0.29, 0.717) is 5.56 Å². The van der Waals surface area contributed by atoms with E-state index in [9.17, 15) is 18.0 Å². The van der Waals surface area contributed by atoms with Crippen LogP contribution in [0.25, 0.3) is 0 Å². The van der Waals surface area contributed by atoms with Crippen molar-refractivity contribution in [1.29, 1.82) is 0 Å². The van der Waals surface area contributed by atoms with E-state index in [1.165, 1.54) is 22.1 Å². The van der Waals surface area contributed by atoms with Crippen LogP contribution < -0.4 is 10.5 Å². The Hall–Kier alpha value is -2.71. The number of nitrogens with one attached hydrogen (secondary N) is 1. The first-order chi connectivity index (χ1) is 14.7. The third kappa shape index (κ3) is 4.09. The van der Waals surface area contributed by atoms with Crippen LogP contribution in [-0.2, 0) is 39.0 Å². The molecule has 0 saturated carbocycles. The summed E-state index contributed by atoms with van der Waals surface area (Å²) in [5.74, 6) is -0.547. The summed E-state index contributed by atoms with van der Waals surface area (Å²) < 4.78 is 24.1. The number of fused-ring (bicyclic) bond motifs is 1. The predicted octanol–water partition coefficient (Wildman–Crippen LogP) is 1.60.